The predicted molar refractivity (Wildman–Crippen MR) is 75.7 cm³/mol. The van der Waals surface area contributed by atoms with Gasteiger partial charge in [0.15, 0.2) is 6.61 Å². The lowest BCUT2D eigenvalue weighted by Gasteiger charge is -2.16. The van der Waals surface area contributed by atoms with Crippen molar-refractivity contribution in [2.75, 3.05) is 6.61 Å². The van der Waals surface area contributed by atoms with Crippen molar-refractivity contribution in [3.8, 4) is 5.75 Å². The number of aryl methyl sites for hydroxylation is 1. The summed E-state index contributed by atoms with van der Waals surface area (Å²) >= 11 is 0. The van der Waals surface area contributed by atoms with E-state index in [1.807, 2.05) is 39.0 Å². The summed E-state index contributed by atoms with van der Waals surface area (Å²) < 4.78 is 5.33. The third-order valence-electron chi connectivity index (χ3n) is 2.70. The molecule has 1 rings (SSSR count). The highest BCUT2D eigenvalue weighted by atomic mass is 16.5. The molecule has 0 radical (unpaired) electrons. The van der Waals surface area contributed by atoms with Crippen LogP contribution < -0.4 is 10.1 Å². The zero-order valence-corrected chi connectivity index (χ0v) is 12.1. The van der Waals surface area contributed by atoms with Crippen LogP contribution in [0.5, 0.6) is 5.75 Å². The fourth-order valence-electron chi connectivity index (χ4n) is 1.78. The van der Waals surface area contributed by atoms with Crippen LogP contribution in [0.2, 0.25) is 0 Å². The summed E-state index contributed by atoms with van der Waals surface area (Å²) in [5.74, 6) is -0.674. The maximum absolute atomic E-state index is 11.7. The van der Waals surface area contributed by atoms with Gasteiger partial charge in [0.05, 0.1) is 0 Å². The van der Waals surface area contributed by atoms with E-state index in [2.05, 4.69) is 5.32 Å². The molecule has 0 bridgehead atoms. The van der Waals surface area contributed by atoms with Crippen molar-refractivity contribution >= 4 is 11.9 Å². The predicted octanol–water partition coefficient (Wildman–Crippen LogP) is 1.99. The lowest BCUT2D eigenvalue weighted by molar-refractivity contribution is -0.142. The zero-order chi connectivity index (χ0) is 15.1. The quantitative estimate of drug-likeness (QED) is 0.800. The molecule has 0 aliphatic rings. The molecule has 110 valence electrons. The number of carbonyl (C=O) groups excluding carboxylic acids is 1. The molecule has 0 spiro atoms. The third-order valence-corrected chi connectivity index (χ3v) is 2.70. The summed E-state index contributed by atoms with van der Waals surface area (Å²) in [5, 5.41) is 11.5. The summed E-state index contributed by atoms with van der Waals surface area (Å²) in [4.78, 5) is 22.7. The molecular formula is C15H21NO4. The van der Waals surface area contributed by atoms with Gasteiger partial charge >= 0.3 is 5.97 Å². The van der Waals surface area contributed by atoms with Crippen molar-refractivity contribution < 1.29 is 19.4 Å². The van der Waals surface area contributed by atoms with E-state index in [1.165, 1.54) is 0 Å². The summed E-state index contributed by atoms with van der Waals surface area (Å²) in [6.45, 7) is 5.55. The van der Waals surface area contributed by atoms with Crippen LogP contribution in [0.25, 0.3) is 0 Å². The molecule has 0 fully saturated rings. The van der Waals surface area contributed by atoms with Gasteiger partial charge < -0.3 is 15.2 Å². The SMILES string of the molecule is Cc1cccc(OCC(=O)N[C@@H](CC(C)C)C(=O)O)c1. The second kappa shape index (κ2) is 7.53. The normalized spacial score (nSPS) is 12.0. The molecule has 2 N–H and O–H groups in total. The van der Waals surface area contributed by atoms with Crippen molar-refractivity contribution in [3.63, 3.8) is 0 Å². The number of benzene rings is 1. The molecule has 5 nitrogen and oxygen atoms in total. The van der Waals surface area contributed by atoms with Crippen LogP contribution in [0.4, 0.5) is 0 Å². The van der Waals surface area contributed by atoms with Crippen LogP contribution in [0.1, 0.15) is 25.8 Å². The van der Waals surface area contributed by atoms with Gasteiger partial charge in [0, 0.05) is 0 Å². The molecule has 0 saturated heterocycles. The number of amides is 1. The number of hydrogen-bond acceptors (Lipinski definition) is 3. The van der Waals surface area contributed by atoms with Gasteiger partial charge in [-0.3, -0.25) is 4.79 Å². The van der Waals surface area contributed by atoms with Crippen molar-refractivity contribution in [3.05, 3.63) is 29.8 Å². The first kappa shape index (κ1) is 16.0. The van der Waals surface area contributed by atoms with Crippen molar-refractivity contribution in [1.29, 1.82) is 0 Å². The molecular weight excluding hydrogens is 258 g/mol. The summed E-state index contributed by atoms with van der Waals surface area (Å²) in [7, 11) is 0. The Morgan fingerprint density at radius 2 is 2.05 bits per heavy atom. The number of hydrogen-bond donors (Lipinski definition) is 2. The summed E-state index contributed by atoms with van der Waals surface area (Å²) in [6.07, 6.45) is 0.394. The molecule has 0 saturated carbocycles. The van der Waals surface area contributed by atoms with E-state index < -0.39 is 17.9 Å². The van der Waals surface area contributed by atoms with Crippen molar-refractivity contribution in [2.45, 2.75) is 33.2 Å². The molecule has 1 atom stereocenters. The molecule has 1 aromatic carbocycles. The smallest absolute Gasteiger partial charge is 0.326 e. The lowest BCUT2D eigenvalue weighted by Crippen LogP contribution is -2.43. The molecule has 0 unspecified atom stereocenters. The monoisotopic (exact) mass is 279 g/mol. The van der Waals surface area contributed by atoms with E-state index in [-0.39, 0.29) is 12.5 Å². The first-order valence-electron chi connectivity index (χ1n) is 6.60. The topological polar surface area (TPSA) is 75.6 Å². The van der Waals surface area contributed by atoms with E-state index in [1.54, 1.807) is 6.07 Å². The second-order valence-electron chi connectivity index (χ2n) is 5.19. The van der Waals surface area contributed by atoms with Crippen LogP contribution in [0, 0.1) is 12.8 Å². The van der Waals surface area contributed by atoms with E-state index in [4.69, 9.17) is 9.84 Å². The highest BCUT2D eigenvalue weighted by Crippen LogP contribution is 2.12. The standard InChI is InChI=1S/C15H21NO4/c1-10(2)7-13(15(18)19)16-14(17)9-20-12-6-4-5-11(3)8-12/h4-6,8,10,13H,7,9H2,1-3H3,(H,16,17)(H,18,19)/t13-/m0/s1. The maximum Gasteiger partial charge on any atom is 0.326 e. The Morgan fingerprint density at radius 1 is 1.35 bits per heavy atom. The Hall–Kier alpha value is -2.04. The van der Waals surface area contributed by atoms with Gasteiger partial charge in [-0.1, -0.05) is 26.0 Å². The Kier molecular flexibility index (Phi) is 6.03. The zero-order valence-electron chi connectivity index (χ0n) is 12.1. The van der Waals surface area contributed by atoms with Crippen LogP contribution in [0.3, 0.4) is 0 Å². The minimum absolute atomic E-state index is 0.189. The first-order valence-corrected chi connectivity index (χ1v) is 6.60. The number of rotatable bonds is 7. The Labute approximate surface area is 118 Å². The second-order valence-corrected chi connectivity index (χ2v) is 5.19. The number of aliphatic carboxylic acids is 1. The average molecular weight is 279 g/mol. The minimum Gasteiger partial charge on any atom is -0.484 e. The van der Waals surface area contributed by atoms with E-state index in [0.717, 1.165) is 5.56 Å². The molecule has 5 heteroatoms. The maximum atomic E-state index is 11.7. The fourth-order valence-corrected chi connectivity index (χ4v) is 1.78. The van der Waals surface area contributed by atoms with Gasteiger partial charge in [0.1, 0.15) is 11.8 Å². The highest BCUT2D eigenvalue weighted by molar-refractivity contribution is 5.84. The third kappa shape index (κ3) is 5.73. The van der Waals surface area contributed by atoms with Gasteiger partial charge in [-0.05, 0) is 37.0 Å². The number of nitrogens with one attached hydrogen (secondary N) is 1. The molecule has 0 heterocycles. The Bertz CT molecular complexity index is 471. The van der Waals surface area contributed by atoms with E-state index in [0.29, 0.717) is 12.2 Å². The highest BCUT2D eigenvalue weighted by Gasteiger charge is 2.21. The van der Waals surface area contributed by atoms with Gasteiger partial charge in [-0.15, -0.1) is 0 Å². The van der Waals surface area contributed by atoms with Gasteiger partial charge in [-0.25, -0.2) is 4.79 Å². The van der Waals surface area contributed by atoms with Crippen molar-refractivity contribution in [2.24, 2.45) is 5.92 Å². The van der Waals surface area contributed by atoms with Gasteiger partial charge in [0.25, 0.3) is 5.91 Å². The molecule has 0 aliphatic heterocycles. The fraction of sp³-hybridized carbons (Fsp3) is 0.467. The molecule has 0 aromatic heterocycles. The van der Waals surface area contributed by atoms with Crippen LogP contribution in [-0.4, -0.2) is 29.6 Å². The average Bonchev–Trinajstić information content (AvgIpc) is 2.35. The first-order chi connectivity index (χ1) is 9.38. The number of carboxylic acids is 1. The molecule has 1 amide bonds. The van der Waals surface area contributed by atoms with E-state index >= 15 is 0 Å². The minimum atomic E-state index is -1.03. The Morgan fingerprint density at radius 3 is 2.60 bits per heavy atom. The summed E-state index contributed by atoms with van der Waals surface area (Å²) in [6, 6.07) is 6.46. The van der Waals surface area contributed by atoms with Gasteiger partial charge in [-0.2, -0.15) is 0 Å². The number of ether oxygens (including phenoxy) is 1. The summed E-state index contributed by atoms with van der Waals surface area (Å²) in [5.41, 5.74) is 1.03. The molecule has 20 heavy (non-hydrogen) atoms. The van der Waals surface area contributed by atoms with Crippen molar-refractivity contribution in [1.82, 2.24) is 5.32 Å². The lowest BCUT2D eigenvalue weighted by atomic mass is 10.0. The van der Waals surface area contributed by atoms with Crippen LogP contribution >= 0.6 is 0 Å². The van der Waals surface area contributed by atoms with E-state index in [9.17, 15) is 9.59 Å². The molecule has 1 aromatic rings. The number of carboxylic acid groups (broad SMARTS) is 1. The van der Waals surface area contributed by atoms with Crippen LogP contribution in [0.15, 0.2) is 24.3 Å². The van der Waals surface area contributed by atoms with Gasteiger partial charge in [0.2, 0.25) is 0 Å². The molecule has 0 aliphatic carbocycles. The van der Waals surface area contributed by atoms with Crippen LogP contribution in [-0.2, 0) is 9.59 Å². The largest absolute Gasteiger partial charge is 0.484 e. The number of carbonyl (C=O) groups is 2. The Balaban J connectivity index is 2.47.